The minimum absolute atomic E-state index is 0.0255. The summed E-state index contributed by atoms with van der Waals surface area (Å²) in [7, 11) is 0. The van der Waals surface area contributed by atoms with E-state index in [0.29, 0.717) is 17.2 Å². The number of hydrogen-bond acceptors (Lipinski definition) is 5. The third-order valence-corrected chi connectivity index (χ3v) is 3.63. The van der Waals surface area contributed by atoms with Gasteiger partial charge in [-0.25, -0.2) is 4.68 Å². The lowest BCUT2D eigenvalue weighted by atomic mass is 10.1. The normalized spacial score (nSPS) is 14.3. The molecule has 0 bridgehead atoms. The zero-order valence-corrected chi connectivity index (χ0v) is 13.5. The smallest absolute Gasteiger partial charge is 0.267 e. The maximum absolute atomic E-state index is 12.3. The van der Waals surface area contributed by atoms with Gasteiger partial charge >= 0.3 is 0 Å². The van der Waals surface area contributed by atoms with E-state index in [-0.39, 0.29) is 24.1 Å². The van der Waals surface area contributed by atoms with E-state index < -0.39 is 0 Å². The lowest BCUT2D eigenvalue weighted by Crippen LogP contribution is -2.37. The summed E-state index contributed by atoms with van der Waals surface area (Å²) in [6, 6.07) is 3.30. The largest absolute Gasteiger partial charge is 0.356 e. The van der Waals surface area contributed by atoms with Gasteiger partial charge in [0.25, 0.3) is 5.56 Å². The van der Waals surface area contributed by atoms with Crippen LogP contribution < -0.4 is 10.9 Å². The first-order chi connectivity index (χ1) is 10.9. The van der Waals surface area contributed by atoms with E-state index in [4.69, 9.17) is 4.52 Å². The highest BCUT2D eigenvalue weighted by Gasteiger charge is 2.30. The second-order valence-corrected chi connectivity index (χ2v) is 6.27. The number of carbonyl (C=O) groups excluding carboxylic acids is 1. The minimum Gasteiger partial charge on any atom is -0.356 e. The van der Waals surface area contributed by atoms with Crippen molar-refractivity contribution in [1.82, 2.24) is 20.3 Å². The van der Waals surface area contributed by atoms with Crippen molar-refractivity contribution < 1.29 is 9.32 Å². The average molecular weight is 316 g/mol. The summed E-state index contributed by atoms with van der Waals surface area (Å²) in [5, 5.41) is 11.1. The molecule has 1 saturated carbocycles. The number of aromatic nitrogens is 3. The number of carbonyl (C=O) groups is 1. The molecule has 0 radical (unpaired) electrons. The highest BCUT2D eigenvalue weighted by atomic mass is 16.5. The topological polar surface area (TPSA) is 90.0 Å². The predicted molar refractivity (Wildman–Crippen MR) is 84.0 cm³/mol. The monoisotopic (exact) mass is 316 g/mol. The summed E-state index contributed by atoms with van der Waals surface area (Å²) in [5.74, 6) is 0.641. The fourth-order valence-electron chi connectivity index (χ4n) is 2.47. The molecule has 1 fully saturated rings. The first kappa shape index (κ1) is 15.5. The van der Waals surface area contributed by atoms with Crippen molar-refractivity contribution in [3.8, 4) is 11.3 Å². The maximum Gasteiger partial charge on any atom is 0.267 e. The van der Waals surface area contributed by atoms with Crippen LogP contribution in [0.4, 0.5) is 0 Å². The summed E-state index contributed by atoms with van der Waals surface area (Å²) >= 11 is 0. The molecule has 122 valence electrons. The van der Waals surface area contributed by atoms with Crippen LogP contribution in [0.15, 0.2) is 21.5 Å². The second kappa shape index (κ2) is 5.98. The molecule has 1 N–H and O–H groups in total. The summed E-state index contributed by atoms with van der Waals surface area (Å²) in [4.78, 5) is 24.2. The van der Waals surface area contributed by atoms with Crippen LogP contribution in [0.1, 0.15) is 44.0 Å². The molecular weight excluding hydrogens is 296 g/mol. The van der Waals surface area contributed by atoms with Crippen molar-refractivity contribution in [2.75, 3.05) is 0 Å². The SMILES string of the molecule is Cc1cc(-c2cc(=O)n(CC(=O)NC(C)C)nc2C2CC2)on1. The molecule has 7 nitrogen and oxygen atoms in total. The Morgan fingerprint density at radius 1 is 1.43 bits per heavy atom. The van der Waals surface area contributed by atoms with Crippen molar-refractivity contribution in [3.63, 3.8) is 0 Å². The number of nitrogens with one attached hydrogen (secondary N) is 1. The van der Waals surface area contributed by atoms with Crippen molar-refractivity contribution in [1.29, 1.82) is 0 Å². The number of nitrogens with zero attached hydrogens (tertiary/aromatic N) is 3. The molecule has 2 aromatic heterocycles. The summed E-state index contributed by atoms with van der Waals surface area (Å²) in [5.41, 5.74) is 1.91. The van der Waals surface area contributed by atoms with Crippen LogP contribution in [0.25, 0.3) is 11.3 Å². The summed E-state index contributed by atoms with van der Waals surface area (Å²) in [6.45, 7) is 5.50. The van der Waals surface area contributed by atoms with Crippen molar-refractivity contribution in [3.05, 3.63) is 33.9 Å². The fraction of sp³-hybridized carbons (Fsp3) is 0.500. The summed E-state index contributed by atoms with van der Waals surface area (Å²) < 4.78 is 6.50. The summed E-state index contributed by atoms with van der Waals surface area (Å²) in [6.07, 6.45) is 2.06. The average Bonchev–Trinajstić information content (AvgIpc) is 3.21. The van der Waals surface area contributed by atoms with E-state index in [0.717, 1.165) is 24.2 Å². The molecule has 0 atom stereocenters. The maximum atomic E-state index is 12.3. The van der Waals surface area contributed by atoms with Gasteiger partial charge in [-0.15, -0.1) is 0 Å². The Morgan fingerprint density at radius 2 is 2.17 bits per heavy atom. The number of rotatable bonds is 5. The number of amides is 1. The fourth-order valence-corrected chi connectivity index (χ4v) is 2.47. The van der Waals surface area contributed by atoms with Crippen LogP contribution in [0.2, 0.25) is 0 Å². The van der Waals surface area contributed by atoms with Gasteiger partial charge in [0.2, 0.25) is 5.91 Å². The molecule has 0 spiro atoms. The molecule has 0 unspecified atom stereocenters. The first-order valence-electron chi connectivity index (χ1n) is 7.79. The Morgan fingerprint density at radius 3 is 2.74 bits per heavy atom. The standard InChI is InChI=1S/C16H20N4O3/c1-9(2)17-14(21)8-20-15(22)7-12(13-6-10(3)19-23-13)16(18-20)11-4-5-11/h6-7,9,11H,4-5,8H2,1-3H3,(H,17,21). The molecule has 1 aliphatic rings. The molecule has 1 aliphatic carbocycles. The number of aryl methyl sites for hydroxylation is 1. The molecular formula is C16H20N4O3. The quantitative estimate of drug-likeness (QED) is 0.905. The number of hydrogen-bond donors (Lipinski definition) is 1. The molecule has 2 heterocycles. The highest BCUT2D eigenvalue weighted by Crippen LogP contribution is 2.42. The third kappa shape index (κ3) is 3.49. The zero-order chi connectivity index (χ0) is 16.6. The van der Waals surface area contributed by atoms with E-state index >= 15 is 0 Å². The molecule has 3 rings (SSSR count). The van der Waals surface area contributed by atoms with E-state index in [9.17, 15) is 9.59 Å². The Bertz CT molecular complexity index is 787. The minimum atomic E-state index is -0.322. The van der Waals surface area contributed by atoms with Crippen molar-refractivity contribution in [2.24, 2.45) is 0 Å². The van der Waals surface area contributed by atoms with Gasteiger partial charge in [0, 0.05) is 29.7 Å². The Labute approximate surface area is 133 Å². The molecule has 2 aromatic rings. The third-order valence-electron chi connectivity index (χ3n) is 3.63. The van der Waals surface area contributed by atoms with Crippen molar-refractivity contribution >= 4 is 5.91 Å². The lowest BCUT2D eigenvalue weighted by molar-refractivity contribution is -0.122. The van der Waals surface area contributed by atoms with Gasteiger partial charge in [-0.3, -0.25) is 9.59 Å². The molecule has 1 amide bonds. The molecule has 7 heteroatoms. The molecule has 0 aromatic carbocycles. The Kier molecular flexibility index (Phi) is 4.02. The van der Waals surface area contributed by atoms with E-state index in [1.807, 2.05) is 20.8 Å². The van der Waals surface area contributed by atoms with Crippen molar-refractivity contribution in [2.45, 2.75) is 52.1 Å². The van der Waals surface area contributed by atoms with Gasteiger partial charge in [-0.2, -0.15) is 5.10 Å². The van der Waals surface area contributed by atoms with Crippen LogP contribution in [-0.4, -0.2) is 26.9 Å². The van der Waals surface area contributed by atoms with Gasteiger partial charge in [-0.1, -0.05) is 5.16 Å². The zero-order valence-electron chi connectivity index (χ0n) is 13.5. The van der Waals surface area contributed by atoms with Crippen LogP contribution in [0, 0.1) is 6.92 Å². The van der Waals surface area contributed by atoms with Crippen LogP contribution in [0.3, 0.4) is 0 Å². The lowest BCUT2D eigenvalue weighted by Gasteiger charge is -2.11. The van der Waals surface area contributed by atoms with E-state index in [1.54, 1.807) is 6.07 Å². The van der Waals surface area contributed by atoms with E-state index in [1.165, 1.54) is 10.7 Å². The molecule has 23 heavy (non-hydrogen) atoms. The van der Waals surface area contributed by atoms with Gasteiger partial charge in [0.15, 0.2) is 5.76 Å². The highest BCUT2D eigenvalue weighted by molar-refractivity contribution is 5.75. The van der Waals surface area contributed by atoms with Crippen LogP contribution >= 0.6 is 0 Å². The van der Waals surface area contributed by atoms with Gasteiger partial charge in [-0.05, 0) is 33.6 Å². The Balaban J connectivity index is 1.96. The van der Waals surface area contributed by atoms with Gasteiger partial charge < -0.3 is 9.84 Å². The van der Waals surface area contributed by atoms with Crippen LogP contribution in [-0.2, 0) is 11.3 Å². The Hall–Kier alpha value is -2.44. The van der Waals surface area contributed by atoms with Gasteiger partial charge in [0.05, 0.1) is 11.4 Å². The molecule has 0 aliphatic heterocycles. The van der Waals surface area contributed by atoms with E-state index in [2.05, 4.69) is 15.6 Å². The predicted octanol–water partition coefficient (Wildman–Crippen LogP) is 1.61. The molecule has 0 saturated heterocycles. The van der Waals surface area contributed by atoms with Crippen LogP contribution in [0.5, 0.6) is 0 Å². The van der Waals surface area contributed by atoms with Gasteiger partial charge in [0.1, 0.15) is 6.54 Å². The second-order valence-electron chi connectivity index (χ2n) is 6.27. The first-order valence-corrected chi connectivity index (χ1v) is 7.79.